The van der Waals surface area contributed by atoms with Gasteiger partial charge < -0.3 is 10.4 Å². The van der Waals surface area contributed by atoms with E-state index in [2.05, 4.69) is 19.2 Å². The highest BCUT2D eigenvalue weighted by Gasteiger charge is 2.53. The van der Waals surface area contributed by atoms with Gasteiger partial charge in [0.05, 0.1) is 0 Å². The highest BCUT2D eigenvalue weighted by atomic mass is 16.4. The Morgan fingerprint density at radius 1 is 1.47 bits per heavy atom. The van der Waals surface area contributed by atoms with E-state index in [-0.39, 0.29) is 23.7 Å². The Bertz CT molecular complexity index is 325. The second-order valence-corrected chi connectivity index (χ2v) is 6.03. The van der Waals surface area contributed by atoms with Crippen LogP contribution in [0.15, 0.2) is 0 Å². The first-order valence-electron chi connectivity index (χ1n) is 6.24. The lowest BCUT2D eigenvalue weighted by Crippen LogP contribution is -2.45. The lowest BCUT2D eigenvalue weighted by Gasteiger charge is -2.26. The van der Waals surface area contributed by atoms with E-state index in [1.54, 1.807) is 0 Å². The maximum atomic E-state index is 12.0. The van der Waals surface area contributed by atoms with Crippen molar-refractivity contribution in [3.05, 3.63) is 0 Å². The average molecular weight is 241 g/mol. The fourth-order valence-corrected chi connectivity index (χ4v) is 2.11. The van der Waals surface area contributed by atoms with Crippen LogP contribution in [0.4, 0.5) is 0 Å². The molecule has 17 heavy (non-hydrogen) atoms. The molecule has 2 N–H and O–H groups in total. The first kappa shape index (κ1) is 14.0. The van der Waals surface area contributed by atoms with Crippen molar-refractivity contribution in [3.63, 3.8) is 0 Å². The van der Waals surface area contributed by atoms with Crippen LogP contribution in [0.2, 0.25) is 0 Å². The van der Waals surface area contributed by atoms with Gasteiger partial charge >= 0.3 is 5.97 Å². The molecule has 0 aromatic carbocycles. The molecule has 4 nitrogen and oxygen atoms in total. The standard InChI is InChI=1S/C13H23NO3/c1-5-13(4)8-9(13)11(17)14-12(2,3)7-6-10(15)16/h9H,5-8H2,1-4H3,(H,14,17)(H,15,16)/t9-,13-/m1/s1. The van der Waals surface area contributed by atoms with Gasteiger partial charge in [-0.2, -0.15) is 0 Å². The van der Waals surface area contributed by atoms with Crippen LogP contribution in [-0.2, 0) is 9.59 Å². The molecule has 1 rings (SSSR count). The van der Waals surface area contributed by atoms with E-state index in [1.165, 1.54) is 0 Å². The summed E-state index contributed by atoms with van der Waals surface area (Å²) >= 11 is 0. The van der Waals surface area contributed by atoms with Crippen molar-refractivity contribution in [2.75, 3.05) is 0 Å². The van der Waals surface area contributed by atoms with Crippen molar-refractivity contribution < 1.29 is 14.7 Å². The van der Waals surface area contributed by atoms with E-state index in [0.29, 0.717) is 6.42 Å². The van der Waals surface area contributed by atoms with Gasteiger partial charge in [-0.3, -0.25) is 9.59 Å². The van der Waals surface area contributed by atoms with Gasteiger partial charge in [0.1, 0.15) is 0 Å². The summed E-state index contributed by atoms with van der Waals surface area (Å²) in [6, 6.07) is 0. The Morgan fingerprint density at radius 3 is 2.47 bits per heavy atom. The largest absolute Gasteiger partial charge is 0.481 e. The minimum Gasteiger partial charge on any atom is -0.481 e. The summed E-state index contributed by atoms with van der Waals surface area (Å²) in [5.41, 5.74) is -0.278. The van der Waals surface area contributed by atoms with E-state index in [0.717, 1.165) is 12.8 Å². The second-order valence-electron chi connectivity index (χ2n) is 6.03. The van der Waals surface area contributed by atoms with Crippen molar-refractivity contribution in [2.45, 2.75) is 58.9 Å². The van der Waals surface area contributed by atoms with Gasteiger partial charge in [-0.1, -0.05) is 13.8 Å². The van der Waals surface area contributed by atoms with Crippen molar-refractivity contribution in [1.29, 1.82) is 0 Å². The smallest absolute Gasteiger partial charge is 0.303 e. The minimum atomic E-state index is -0.822. The summed E-state index contributed by atoms with van der Waals surface area (Å²) in [7, 11) is 0. The van der Waals surface area contributed by atoms with Crippen LogP contribution >= 0.6 is 0 Å². The van der Waals surface area contributed by atoms with Crippen LogP contribution in [0, 0.1) is 11.3 Å². The van der Waals surface area contributed by atoms with Gasteiger partial charge in [0.25, 0.3) is 0 Å². The molecule has 1 aliphatic carbocycles. The zero-order chi connectivity index (χ0) is 13.3. The van der Waals surface area contributed by atoms with Crippen LogP contribution in [0.3, 0.4) is 0 Å². The zero-order valence-electron chi connectivity index (χ0n) is 11.2. The number of carboxylic acid groups (broad SMARTS) is 1. The molecule has 0 aromatic heterocycles. The molecule has 4 heteroatoms. The van der Waals surface area contributed by atoms with Crippen molar-refractivity contribution in [3.8, 4) is 0 Å². The molecule has 1 saturated carbocycles. The van der Waals surface area contributed by atoms with Gasteiger partial charge in [0, 0.05) is 17.9 Å². The number of aliphatic carboxylic acids is 1. The number of amides is 1. The molecule has 0 unspecified atom stereocenters. The second kappa shape index (κ2) is 4.67. The number of carboxylic acids is 1. The van der Waals surface area contributed by atoms with Crippen LogP contribution in [-0.4, -0.2) is 22.5 Å². The molecule has 0 bridgehead atoms. The molecule has 1 fully saturated rings. The summed E-state index contributed by atoms with van der Waals surface area (Å²) in [5.74, 6) is -0.640. The summed E-state index contributed by atoms with van der Waals surface area (Å²) in [6.07, 6.45) is 2.51. The maximum absolute atomic E-state index is 12.0. The molecular formula is C13H23NO3. The highest BCUT2D eigenvalue weighted by molar-refractivity contribution is 5.83. The maximum Gasteiger partial charge on any atom is 0.303 e. The molecule has 0 saturated heterocycles. The van der Waals surface area contributed by atoms with E-state index >= 15 is 0 Å². The third-order valence-electron chi connectivity index (χ3n) is 3.90. The molecule has 2 atom stereocenters. The van der Waals surface area contributed by atoms with Gasteiger partial charge in [-0.15, -0.1) is 0 Å². The molecule has 1 amide bonds. The molecule has 0 aromatic rings. The number of hydrogen-bond donors (Lipinski definition) is 2. The van der Waals surface area contributed by atoms with E-state index < -0.39 is 11.5 Å². The first-order chi connectivity index (χ1) is 7.70. The monoisotopic (exact) mass is 241 g/mol. The lowest BCUT2D eigenvalue weighted by molar-refractivity contribution is -0.138. The number of nitrogens with one attached hydrogen (secondary N) is 1. The van der Waals surface area contributed by atoms with Gasteiger partial charge in [0.15, 0.2) is 0 Å². The highest BCUT2D eigenvalue weighted by Crippen LogP contribution is 2.54. The van der Waals surface area contributed by atoms with E-state index in [9.17, 15) is 9.59 Å². The SMILES string of the molecule is CC[C@]1(C)C[C@@H]1C(=O)NC(C)(C)CCC(=O)O. The summed E-state index contributed by atoms with van der Waals surface area (Å²) in [4.78, 5) is 22.5. The average Bonchev–Trinajstić information content (AvgIpc) is 2.89. The summed E-state index contributed by atoms with van der Waals surface area (Å²) in [5, 5.41) is 11.6. The molecule has 0 aliphatic heterocycles. The predicted molar refractivity (Wildman–Crippen MR) is 65.6 cm³/mol. The molecule has 0 heterocycles. The van der Waals surface area contributed by atoms with Crippen LogP contribution in [0.25, 0.3) is 0 Å². The third-order valence-corrected chi connectivity index (χ3v) is 3.90. The number of rotatable bonds is 6. The topological polar surface area (TPSA) is 66.4 Å². The molecule has 0 spiro atoms. The van der Waals surface area contributed by atoms with Gasteiger partial charge in [-0.25, -0.2) is 0 Å². The lowest BCUT2D eigenvalue weighted by atomic mass is 9.97. The molecular weight excluding hydrogens is 218 g/mol. The van der Waals surface area contributed by atoms with Gasteiger partial charge in [-0.05, 0) is 38.5 Å². The number of hydrogen-bond acceptors (Lipinski definition) is 2. The Kier molecular flexibility index (Phi) is 3.84. The van der Waals surface area contributed by atoms with Crippen molar-refractivity contribution in [1.82, 2.24) is 5.32 Å². The van der Waals surface area contributed by atoms with Crippen molar-refractivity contribution >= 4 is 11.9 Å². The Hall–Kier alpha value is -1.06. The van der Waals surface area contributed by atoms with E-state index in [1.807, 2.05) is 13.8 Å². The fourth-order valence-electron chi connectivity index (χ4n) is 2.11. The molecule has 98 valence electrons. The fraction of sp³-hybridized carbons (Fsp3) is 0.846. The van der Waals surface area contributed by atoms with Gasteiger partial charge in [0.2, 0.25) is 5.91 Å². The number of carbonyl (C=O) groups excluding carboxylic acids is 1. The zero-order valence-corrected chi connectivity index (χ0v) is 11.2. The quantitative estimate of drug-likeness (QED) is 0.749. The van der Waals surface area contributed by atoms with Crippen LogP contribution < -0.4 is 5.32 Å². The summed E-state index contributed by atoms with van der Waals surface area (Å²) in [6.45, 7) is 7.98. The first-order valence-corrected chi connectivity index (χ1v) is 6.24. The normalized spacial score (nSPS) is 27.6. The Labute approximate surface area is 103 Å². The van der Waals surface area contributed by atoms with Crippen LogP contribution in [0.5, 0.6) is 0 Å². The predicted octanol–water partition coefficient (Wildman–Crippen LogP) is 2.18. The molecule has 0 radical (unpaired) electrons. The summed E-state index contributed by atoms with van der Waals surface area (Å²) < 4.78 is 0. The van der Waals surface area contributed by atoms with E-state index in [4.69, 9.17) is 5.11 Å². The van der Waals surface area contributed by atoms with Crippen LogP contribution in [0.1, 0.15) is 53.4 Å². The number of carbonyl (C=O) groups is 2. The van der Waals surface area contributed by atoms with Crippen molar-refractivity contribution in [2.24, 2.45) is 11.3 Å². The Morgan fingerprint density at radius 2 is 2.06 bits per heavy atom. The minimum absolute atomic E-state index is 0.0738. The Balaban J connectivity index is 2.43. The molecule has 1 aliphatic rings. The third kappa shape index (κ3) is 3.72.